The highest BCUT2D eigenvalue weighted by Gasteiger charge is 2.52. The van der Waals surface area contributed by atoms with Gasteiger partial charge in [0.2, 0.25) is 11.8 Å². The van der Waals surface area contributed by atoms with Crippen LogP contribution in [0.5, 0.6) is 0 Å². The zero-order valence-corrected chi connectivity index (χ0v) is 22.9. The summed E-state index contributed by atoms with van der Waals surface area (Å²) in [6, 6.07) is 10.3. The fraction of sp³-hybridized carbons (Fsp3) is 0.462. The van der Waals surface area contributed by atoms with E-state index in [9.17, 15) is 9.59 Å². The van der Waals surface area contributed by atoms with Gasteiger partial charge in [-0.15, -0.1) is 10.2 Å². The average Bonchev–Trinajstić information content (AvgIpc) is 3.82. The first-order chi connectivity index (χ1) is 20.7. The van der Waals surface area contributed by atoms with Crippen LogP contribution in [0.1, 0.15) is 37.1 Å². The smallest absolute Gasteiger partial charge is 0.293 e. The van der Waals surface area contributed by atoms with E-state index < -0.39 is 24.5 Å². The third-order valence-electron chi connectivity index (χ3n) is 7.26. The first kappa shape index (κ1) is 27.5. The van der Waals surface area contributed by atoms with Gasteiger partial charge in [-0.1, -0.05) is 30.3 Å². The fourth-order valence-electron chi connectivity index (χ4n) is 5.22. The molecule has 0 bridgehead atoms. The van der Waals surface area contributed by atoms with Crippen molar-refractivity contribution in [3.8, 4) is 0 Å². The number of tetrazole rings is 1. The Morgan fingerprint density at radius 2 is 1.98 bits per heavy atom. The SMILES string of the molecule is CCn1nnc([C@H]2O[C@@H](n3cnc4c(NCCc5ccccc5)nc(N[C@@H]5CCNC5)nc43)[C@H](OC=O)[C@@H]2OC=O)n1. The Bertz CT molecular complexity index is 1510. The molecular formula is C26H31N11O5. The van der Waals surface area contributed by atoms with Gasteiger partial charge in [0.15, 0.2) is 41.5 Å². The summed E-state index contributed by atoms with van der Waals surface area (Å²) in [5, 5.41) is 22.5. The van der Waals surface area contributed by atoms with Crippen molar-refractivity contribution in [1.82, 2.24) is 45.0 Å². The molecule has 0 unspecified atom stereocenters. The van der Waals surface area contributed by atoms with E-state index in [0.717, 1.165) is 25.9 Å². The van der Waals surface area contributed by atoms with Crippen molar-refractivity contribution in [2.45, 2.75) is 56.9 Å². The van der Waals surface area contributed by atoms with Gasteiger partial charge < -0.3 is 30.2 Å². The van der Waals surface area contributed by atoms with Crippen LogP contribution in [-0.2, 0) is 36.8 Å². The van der Waals surface area contributed by atoms with Gasteiger partial charge in [-0.3, -0.25) is 14.2 Å². The lowest BCUT2D eigenvalue weighted by atomic mass is 10.1. The van der Waals surface area contributed by atoms with Gasteiger partial charge in [0, 0.05) is 19.1 Å². The molecule has 6 rings (SSSR count). The second kappa shape index (κ2) is 12.4. The van der Waals surface area contributed by atoms with Crippen molar-refractivity contribution < 1.29 is 23.8 Å². The highest BCUT2D eigenvalue weighted by molar-refractivity contribution is 5.84. The average molecular weight is 578 g/mol. The Kier molecular flexibility index (Phi) is 8.14. The number of benzene rings is 1. The number of fused-ring (bicyclic) bond motifs is 1. The quantitative estimate of drug-likeness (QED) is 0.188. The van der Waals surface area contributed by atoms with Crippen LogP contribution in [-0.4, -0.2) is 90.6 Å². The maximum atomic E-state index is 11.6. The molecule has 4 aromatic rings. The van der Waals surface area contributed by atoms with Crippen LogP contribution in [0.4, 0.5) is 11.8 Å². The van der Waals surface area contributed by atoms with Gasteiger partial charge in [-0.05, 0) is 37.1 Å². The van der Waals surface area contributed by atoms with Crippen LogP contribution in [0, 0.1) is 0 Å². The van der Waals surface area contributed by atoms with E-state index in [1.54, 1.807) is 4.57 Å². The number of aryl methyl sites for hydroxylation is 1. The number of anilines is 2. The second-order valence-corrected chi connectivity index (χ2v) is 9.89. The summed E-state index contributed by atoms with van der Waals surface area (Å²) in [4.78, 5) is 38.5. The van der Waals surface area contributed by atoms with Crippen molar-refractivity contribution in [3.05, 3.63) is 48.0 Å². The molecule has 0 amide bonds. The van der Waals surface area contributed by atoms with Gasteiger partial charge >= 0.3 is 0 Å². The molecule has 0 spiro atoms. The number of imidazole rings is 1. The summed E-state index contributed by atoms with van der Waals surface area (Å²) in [6.45, 7) is 5.19. The number of hydrogen-bond donors (Lipinski definition) is 3. The number of rotatable bonds is 13. The third-order valence-corrected chi connectivity index (χ3v) is 7.26. The molecule has 2 aliphatic heterocycles. The minimum absolute atomic E-state index is 0.159. The second-order valence-electron chi connectivity index (χ2n) is 9.89. The molecule has 16 heteroatoms. The van der Waals surface area contributed by atoms with Crippen LogP contribution < -0.4 is 16.0 Å². The van der Waals surface area contributed by atoms with Gasteiger partial charge in [0.05, 0.1) is 12.9 Å². The van der Waals surface area contributed by atoms with Gasteiger partial charge in [-0.25, -0.2) is 4.98 Å². The van der Waals surface area contributed by atoms with Gasteiger partial charge in [-0.2, -0.15) is 14.8 Å². The minimum atomic E-state index is -1.05. The standard InChI is InChI=1S/C26H31N11O5/c1-2-37-34-23(33-35-37)20-19(40-14-38)21(41-15-39)25(42-20)36-13-29-18-22(28-11-8-16-6-4-3-5-7-16)31-26(32-24(18)36)30-17-9-10-27-12-17/h3-7,13-15,17,19-21,25,27H,2,8-12H2,1H3,(H2,28,30,31,32)/t17-,19-,20+,21-,25-/m1/s1. The maximum absolute atomic E-state index is 11.6. The fourth-order valence-corrected chi connectivity index (χ4v) is 5.22. The predicted molar refractivity (Wildman–Crippen MR) is 147 cm³/mol. The third kappa shape index (κ3) is 5.58. The summed E-state index contributed by atoms with van der Waals surface area (Å²) in [5.41, 5.74) is 2.11. The number of carbonyl (C=O) groups excluding carboxylic acids is 2. The van der Waals surface area contributed by atoms with Crippen molar-refractivity contribution >= 4 is 35.9 Å². The van der Waals surface area contributed by atoms with E-state index in [0.29, 0.717) is 36.0 Å². The summed E-state index contributed by atoms with van der Waals surface area (Å²) in [6.07, 6.45) is -0.796. The zero-order valence-electron chi connectivity index (χ0n) is 22.9. The van der Waals surface area contributed by atoms with E-state index in [1.165, 1.54) is 16.7 Å². The molecule has 0 aliphatic carbocycles. The summed E-state index contributed by atoms with van der Waals surface area (Å²) >= 11 is 0. The molecule has 5 heterocycles. The summed E-state index contributed by atoms with van der Waals surface area (Å²) in [7, 11) is 0. The Morgan fingerprint density at radius 1 is 1.14 bits per heavy atom. The Hall–Kier alpha value is -4.70. The first-order valence-electron chi connectivity index (χ1n) is 13.8. The van der Waals surface area contributed by atoms with E-state index in [1.807, 2.05) is 25.1 Å². The van der Waals surface area contributed by atoms with Crippen LogP contribution in [0.25, 0.3) is 11.2 Å². The molecule has 2 fully saturated rings. The first-order valence-corrected chi connectivity index (χ1v) is 13.8. The maximum Gasteiger partial charge on any atom is 0.293 e. The monoisotopic (exact) mass is 577 g/mol. The molecule has 2 aliphatic rings. The largest absolute Gasteiger partial charge is 0.457 e. The van der Waals surface area contributed by atoms with Crippen LogP contribution in [0.3, 0.4) is 0 Å². The molecule has 0 radical (unpaired) electrons. The van der Waals surface area contributed by atoms with E-state index in [-0.39, 0.29) is 24.8 Å². The van der Waals surface area contributed by atoms with Crippen molar-refractivity contribution in [3.63, 3.8) is 0 Å². The van der Waals surface area contributed by atoms with Crippen molar-refractivity contribution in [2.24, 2.45) is 0 Å². The van der Waals surface area contributed by atoms with Crippen LogP contribution in [0.2, 0.25) is 0 Å². The summed E-state index contributed by atoms with van der Waals surface area (Å²) < 4.78 is 18.7. The molecule has 3 aromatic heterocycles. The lowest BCUT2D eigenvalue weighted by Gasteiger charge is -2.21. The molecule has 5 atom stereocenters. The lowest BCUT2D eigenvalue weighted by molar-refractivity contribution is -0.151. The summed E-state index contributed by atoms with van der Waals surface area (Å²) in [5.74, 6) is 1.14. The van der Waals surface area contributed by atoms with E-state index in [2.05, 4.69) is 48.5 Å². The van der Waals surface area contributed by atoms with Gasteiger partial charge in [0.25, 0.3) is 12.9 Å². The molecule has 3 N–H and O–H groups in total. The molecule has 2 saturated heterocycles. The highest BCUT2D eigenvalue weighted by Crippen LogP contribution is 2.42. The molecular weight excluding hydrogens is 546 g/mol. The number of carbonyl (C=O) groups is 2. The van der Waals surface area contributed by atoms with E-state index >= 15 is 0 Å². The molecule has 42 heavy (non-hydrogen) atoms. The lowest BCUT2D eigenvalue weighted by Crippen LogP contribution is -2.34. The van der Waals surface area contributed by atoms with Crippen molar-refractivity contribution in [1.29, 1.82) is 0 Å². The highest BCUT2D eigenvalue weighted by atomic mass is 16.6. The number of nitrogens with one attached hydrogen (secondary N) is 3. The number of nitrogens with zero attached hydrogens (tertiary/aromatic N) is 8. The topological polar surface area (TPSA) is 185 Å². The Balaban J connectivity index is 1.36. The Labute approximate surface area is 240 Å². The molecule has 16 nitrogen and oxygen atoms in total. The minimum Gasteiger partial charge on any atom is -0.457 e. The van der Waals surface area contributed by atoms with Gasteiger partial charge in [0.1, 0.15) is 0 Å². The van der Waals surface area contributed by atoms with Crippen LogP contribution >= 0.6 is 0 Å². The zero-order chi connectivity index (χ0) is 28.9. The normalized spacial score (nSPS) is 23.6. The number of aromatic nitrogens is 8. The number of ether oxygens (including phenoxy) is 3. The molecule has 1 aromatic carbocycles. The van der Waals surface area contributed by atoms with Crippen LogP contribution in [0.15, 0.2) is 36.7 Å². The number of hydrogen-bond acceptors (Lipinski definition) is 14. The molecule has 0 saturated carbocycles. The molecule has 220 valence electrons. The van der Waals surface area contributed by atoms with E-state index in [4.69, 9.17) is 24.2 Å². The Morgan fingerprint density at radius 3 is 2.71 bits per heavy atom. The van der Waals surface area contributed by atoms with Crippen molar-refractivity contribution in [2.75, 3.05) is 30.3 Å². The predicted octanol–water partition coefficient (Wildman–Crippen LogP) is 0.614.